The van der Waals surface area contributed by atoms with E-state index in [0.29, 0.717) is 0 Å². The van der Waals surface area contributed by atoms with Crippen LogP contribution in [0.15, 0.2) is 6.07 Å². The molecular formula is C25H46N2O2. The van der Waals surface area contributed by atoms with Gasteiger partial charge in [-0.1, -0.05) is 64.7 Å². The molecule has 4 heteroatoms. The molecule has 0 amide bonds. The summed E-state index contributed by atoms with van der Waals surface area (Å²) in [6, 6.07) is 1.90. The molecule has 29 heavy (non-hydrogen) atoms. The van der Waals surface area contributed by atoms with Gasteiger partial charge in [0.2, 0.25) is 0 Å². The number of rotatable bonds is 12. The summed E-state index contributed by atoms with van der Waals surface area (Å²) in [5, 5.41) is 25.1. The number of nitrogens with zero attached hydrogens (tertiary/aromatic N) is 1. The lowest BCUT2D eigenvalue weighted by Gasteiger charge is -2.47. The molecule has 1 aromatic heterocycles. The van der Waals surface area contributed by atoms with Gasteiger partial charge >= 0.3 is 0 Å². The lowest BCUT2D eigenvalue weighted by Crippen LogP contribution is -2.57. The Kier molecular flexibility index (Phi) is 8.93. The van der Waals surface area contributed by atoms with E-state index in [-0.39, 0.29) is 28.9 Å². The number of aromatic hydroxyl groups is 2. The first kappa shape index (κ1) is 24.1. The molecule has 0 bridgehead atoms. The van der Waals surface area contributed by atoms with Crippen LogP contribution < -0.4 is 5.32 Å². The van der Waals surface area contributed by atoms with Crippen LogP contribution >= 0.6 is 0 Å². The maximum Gasteiger partial charge on any atom is 0.197 e. The largest absolute Gasteiger partial charge is 0.494 e. The first-order valence-corrected chi connectivity index (χ1v) is 12.1. The van der Waals surface area contributed by atoms with E-state index in [1.165, 1.54) is 57.8 Å². The second kappa shape index (κ2) is 10.7. The van der Waals surface area contributed by atoms with Crippen molar-refractivity contribution in [3.63, 3.8) is 0 Å². The quantitative estimate of drug-likeness (QED) is 0.333. The van der Waals surface area contributed by atoms with Crippen LogP contribution in [0.4, 0.5) is 0 Å². The Morgan fingerprint density at radius 3 is 1.86 bits per heavy atom. The van der Waals surface area contributed by atoms with Gasteiger partial charge in [-0.3, -0.25) is 4.57 Å². The van der Waals surface area contributed by atoms with Crippen LogP contribution in [0.2, 0.25) is 0 Å². The second-order valence-corrected chi connectivity index (χ2v) is 10.6. The van der Waals surface area contributed by atoms with Gasteiger partial charge in [-0.2, -0.15) is 0 Å². The fourth-order valence-electron chi connectivity index (χ4n) is 5.35. The highest BCUT2D eigenvalue weighted by Crippen LogP contribution is 2.42. The third kappa shape index (κ3) is 7.55. The number of unbranched alkanes of at least 4 members (excludes halogenated alkanes) is 9. The van der Waals surface area contributed by atoms with Crippen molar-refractivity contribution in [2.24, 2.45) is 0 Å². The maximum atomic E-state index is 10.8. The predicted octanol–water partition coefficient (Wildman–Crippen LogP) is 6.84. The maximum absolute atomic E-state index is 10.8. The summed E-state index contributed by atoms with van der Waals surface area (Å²) < 4.78 is 1.77. The summed E-state index contributed by atoms with van der Waals surface area (Å²) in [7, 11) is 0. The lowest BCUT2D eigenvalue weighted by molar-refractivity contribution is 0.123. The topological polar surface area (TPSA) is 57.4 Å². The van der Waals surface area contributed by atoms with Crippen LogP contribution in [0.5, 0.6) is 11.8 Å². The van der Waals surface area contributed by atoms with Gasteiger partial charge in [-0.05, 0) is 53.4 Å². The van der Waals surface area contributed by atoms with Crippen LogP contribution in [-0.4, -0.2) is 25.9 Å². The Morgan fingerprint density at radius 2 is 1.34 bits per heavy atom. The molecule has 0 radical (unpaired) electrons. The van der Waals surface area contributed by atoms with Gasteiger partial charge in [-0.25, -0.2) is 0 Å². The van der Waals surface area contributed by atoms with Crippen molar-refractivity contribution in [3.05, 3.63) is 11.6 Å². The highest BCUT2D eigenvalue weighted by atomic mass is 16.3. The van der Waals surface area contributed by atoms with E-state index in [4.69, 9.17) is 0 Å². The molecule has 1 aliphatic rings. The van der Waals surface area contributed by atoms with Crippen LogP contribution in [0, 0.1) is 0 Å². The first-order chi connectivity index (χ1) is 13.7. The van der Waals surface area contributed by atoms with Crippen molar-refractivity contribution in [2.45, 2.75) is 135 Å². The number of aryl methyl sites for hydroxylation is 1. The van der Waals surface area contributed by atoms with E-state index in [0.717, 1.165) is 31.2 Å². The molecule has 3 N–H and O–H groups in total. The molecule has 2 heterocycles. The minimum absolute atomic E-state index is 0.0216. The average Bonchev–Trinajstić information content (AvgIpc) is 2.87. The summed E-state index contributed by atoms with van der Waals surface area (Å²) in [5.41, 5.74) is 0.856. The number of hydrogen-bond donors (Lipinski definition) is 3. The molecule has 0 spiro atoms. The van der Waals surface area contributed by atoms with Crippen LogP contribution in [0.3, 0.4) is 0 Å². The van der Waals surface area contributed by atoms with E-state index < -0.39 is 0 Å². The monoisotopic (exact) mass is 406 g/mol. The number of nitrogens with one attached hydrogen (secondary N) is 1. The van der Waals surface area contributed by atoms with E-state index in [9.17, 15) is 10.2 Å². The van der Waals surface area contributed by atoms with Crippen LogP contribution in [-0.2, 0) is 6.42 Å². The van der Waals surface area contributed by atoms with Gasteiger partial charge < -0.3 is 15.5 Å². The minimum Gasteiger partial charge on any atom is -0.494 e. The minimum atomic E-state index is -0.0216. The Balaban J connectivity index is 1.79. The molecule has 168 valence electrons. The highest BCUT2D eigenvalue weighted by molar-refractivity contribution is 5.36. The number of aromatic nitrogens is 1. The van der Waals surface area contributed by atoms with Gasteiger partial charge in [0.15, 0.2) is 11.8 Å². The SMILES string of the molecule is CCCCCCCCCCCCc1cc(O)n(C2CC(C)(C)NC(C)(C)C2)c1O. The number of hydrogen-bond acceptors (Lipinski definition) is 3. The average molecular weight is 407 g/mol. The molecule has 0 saturated carbocycles. The third-order valence-electron chi connectivity index (χ3n) is 6.40. The molecular weight excluding hydrogens is 360 g/mol. The lowest BCUT2D eigenvalue weighted by atomic mass is 9.79. The van der Waals surface area contributed by atoms with Crippen molar-refractivity contribution in [1.29, 1.82) is 0 Å². The van der Waals surface area contributed by atoms with Gasteiger partial charge in [0.25, 0.3) is 0 Å². The van der Waals surface area contributed by atoms with Crippen molar-refractivity contribution >= 4 is 0 Å². The molecule has 1 aromatic rings. The zero-order valence-corrected chi connectivity index (χ0v) is 19.7. The Hall–Kier alpha value is -1.16. The van der Waals surface area contributed by atoms with Crippen molar-refractivity contribution < 1.29 is 10.2 Å². The summed E-state index contributed by atoms with van der Waals surface area (Å²) >= 11 is 0. The normalized spacial score (nSPS) is 18.9. The van der Waals surface area contributed by atoms with Gasteiger partial charge in [0.05, 0.1) is 0 Å². The fourth-order valence-corrected chi connectivity index (χ4v) is 5.35. The predicted molar refractivity (Wildman–Crippen MR) is 123 cm³/mol. The number of piperidine rings is 1. The summed E-state index contributed by atoms with van der Waals surface area (Å²) in [5.74, 6) is 0.486. The smallest absolute Gasteiger partial charge is 0.197 e. The Labute approximate surface area is 179 Å². The molecule has 0 unspecified atom stereocenters. The summed E-state index contributed by atoms with van der Waals surface area (Å²) in [4.78, 5) is 0. The van der Waals surface area contributed by atoms with Crippen LogP contribution in [0.25, 0.3) is 0 Å². The summed E-state index contributed by atoms with van der Waals surface area (Å²) in [6.45, 7) is 11.1. The Bertz CT molecular complexity index is 603. The van der Waals surface area contributed by atoms with E-state index in [1.54, 1.807) is 10.6 Å². The Morgan fingerprint density at radius 1 is 0.862 bits per heavy atom. The third-order valence-corrected chi connectivity index (χ3v) is 6.40. The molecule has 1 aliphatic heterocycles. The molecule has 0 atom stereocenters. The molecule has 2 rings (SSSR count). The zero-order valence-electron chi connectivity index (χ0n) is 19.7. The van der Waals surface area contributed by atoms with E-state index >= 15 is 0 Å². The molecule has 0 aliphatic carbocycles. The molecule has 1 saturated heterocycles. The second-order valence-electron chi connectivity index (χ2n) is 10.6. The van der Waals surface area contributed by atoms with Crippen molar-refractivity contribution in [2.75, 3.05) is 0 Å². The molecule has 4 nitrogen and oxygen atoms in total. The van der Waals surface area contributed by atoms with Gasteiger partial charge in [0.1, 0.15) is 0 Å². The molecule has 0 aromatic carbocycles. The van der Waals surface area contributed by atoms with E-state index in [2.05, 4.69) is 39.9 Å². The molecule has 1 fully saturated rings. The van der Waals surface area contributed by atoms with Crippen molar-refractivity contribution in [1.82, 2.24) is 9.88 Å². The van der Waals surface area contributed by atoms with Gasteiger partial charge in [-0.15, -0.1) is 0 Å². The first-order valence-electron chi connectivity index (χ1n) is 12.1. The highest BCUT2D eigenvalue weighted by Gasteiger charge is 2.39. The zero-order chi connectivity index (χ0) is 21.5. The summed E-state index contributed by atoms with van der Waals surface area (Å²) in [6.07, 6.45) is 15.7. The van der Waals surface area contributed by atoms with Crippen molar-refractivity contribution in [3.8, 4) is 11.8 Å². The van der Waals surface area contributed by atoms with E-state index in [1.807, 2.05) is 0 Å². The van der Waals surface area contributed by atoms with Crippen LogP contribution in [0.1, 0.15) is 123 Å². The standard InChI is InChI=1S/C25H46N2O2/c1-6-7-8-9-10-11-12-13-14-15-16-20-17-22(28)27(23(20)29)21-18-24(2,3)26-25(4,5)19-21/h17,21,26,28-29H,6-16,18-19H2,1-5H3. The fraction of sp³-hybridized carbons (Fsp3) is 0.840. The van der Waals surface area contributed by atoms with Gasteiger partial charge in [0, 0.05) is 28.7 Å².